The van der Waals surface area contributed by atoms with Crippen LogP contribution in [0.1, 0.15) is 24.0 Å². The number of amides is 2. The molecule has 1 spiro atoms. The molecule has 5 rings (SSSR count). The highest BCUT2D eigenvalue weighted by molar-refractivity contribution is 6.16. The van der Waals surface area contributed by atoms with Gasteiger partial charge in [0.1, 0.15) is 17.2 Å². The second-order valence-corrected chi connectivity index (χ2v) is 7.17. The van der Waals surface area contributed by atoms with E-state index in [-0.39, 0.29) is 11.4 Å². The number of carbonyl (C=O) groups excluding carboxylic acids is 2. The van der Waals surface area contributed by atoms with Gasteiger partial charge >= 0.3 is 0 Å². The maximum absolute atomic E-state index is 13.2. The lowest BCUT2D eigenvalue weighted by molar-refractivity contribution is -0.127. The van der Waals surface area contributed by atoms with Gasteiger partial charge < -0.3 is 15.5 Å². The van der Waals surface area contributed by atoms with Crippen LogP contribution in [0.5, 0.6) is 0 Å². The van der Waals surface area contributed by atoms with Gasteiger partial charge in [-0.25, -0.2) is 0 Å². The third-order valence-corrected chi connectivity index (χ3v) is 5.73. The van der Waals surface area contributed by atoms with Gasteiger partial charge in [-0.2, -0.15) is 10.2 Å². The van der Waals surface area contributed by atoms with Gasteiger partial charge in [-0.3, -0.25) is 19.4 Å². The van der Waals surface area contributed by atoms with E-state index in [0.717, 1.165) is 25.9 Å². The molecule has 3 N–H and O–H groups in total. The Kier molecular flexibility index (Phi) is 3.34. The molecule has 9 nitrogen and oxygen atoms in total. The van der Waals surface area contributed by atoms with Crippen molar-refractivity contribution in [2.75, 3.05) is 28.6 Å². The molecule has 0 aliphatic carbocycles. The maximum Gasteiger partial charge on any atom is 0.259 e. The van der Waals surface area contributed by atoms with Crippen LogP contribution in [0.4, 0.5) is 17.5 Å². The average molecular weight is 376 g/mol. The van der Waals surface area contributed by atoms with E-state index in [2.05, 4.69) is 20.6 Å². The minimum absolute atomic E-state index is 0.00375. The Bertz CT molecular complexity index is 1130. The third kappa shape index (κ3) is 1.94. The van der Waals surface area contributed by atoms with Gasteiger partial charge in [-0.05, 0) is 24.5 Å². The summed E-state index contributed by atoms with van der Waals surface area (Å²) in [6.07, 6.45) is 1.98. The number of carbonyl (C=O) groups is 2. The first-order valence-electron chi connectivity index (χ1n) is 9.08. The molecule has 2 atom stereocenters. The Morgan fingerprint density at radius 2 is 1.89 bits per heavy atom. The molecule has 1 fully saturated rings. The molecule has 2 aromatic rings. The molecular formula is C19H16N6O3. The minimum atomic E-state index is -1.73. The fourth-order valence-corrected chi connectivity index (χ4v) is 4.50. The number of anilines is 3. The number of aromatic amines is 1. The zero-order valence-electron chi connectivity index (χ0n) is 14.8. The van der Waals surface area contributed by atoms with Crippen LogP contribution in [0.3, 0.4) is 0 Å². The number of benzene rings is 1. The van der Waals surface area contributed by atoms with Crippen LogP contribution >= 0.6 is 0 Å². The molecule has 3 aliphatic heterocycles. The molecule has 0 unspecified atom stereocenters. The highest BCUT2D eigenvalue weighted by Gasteiger charge is 2.61. The third-order valence-electron chi connectivity index (χ3n) is 5.73. The second kappa shape index (κ2) is 5.66. The Hall–Kier alpha value is -3.67. The van der Waals surface area contributed by atoms with E-state index in [1.54, 1.807) is 24.3 Å². The van der Waals surface area contributed by atoms with Crippen LogP contribution in [0, 0.1) is 17.2 Å². The van der Waals surface area contributed by atoms with Crippen LogP contribution in [0.15, 0.2) is 29.1 Å². The Morgan fingerprint density at radius 3 is 2.64 bits per heavy atom. The molecule has 1 aromatic heterocycles. The summed E-state index contributed by atoms with van der Waals surface area (Å²) in [4.78, 5) is 48.2. The number of aromatic nitrogens is 2. The van der Waals surface area contributed by atoms with Crippen molar-refractivity contribution in [2.45, 2.75) is 18.3 Å². The van der Waals surface area contributed by atoms with Crippen LogP contribution < -0.4 is 21.1 Å². The number of nitrogens with one attached hydrogen (secondary N) is 3. The molecule has 140 valence electrons. The molecule has 9 heteroatoms. The molecular weight excluding hydrogens is 360 g/mol. The summed E-state index contributed by atoms with van der Waals surface area (Å²) in [5.41, 5.74) is -1.34. The van der Waals surface area contributed by atoms with Crippen molar-refractivity contribution in [3.8, 4) is 6.07 Å². The Labute approximate surface area is 159 Å². The first-order chi connectivity index (χ1) is 13.6. The van der Waals surface area contributed by atoms with E-state index in [9.17, 15) is 19.6 Å². The van der Waals surface area contributed by atoms with Crippen molar-refractivity contribution < 1.29 is 9.59 Å². The SMILES string of the molecule is N#C[C@H]1C(=O)Nc2nc(N3CCCC3)[nH]c(=O)c2[C@]12C(=O)Nc1ccccc12. The van der Waals surface area contributed by atoms with E-state index in [0.29, 0.717) is 17.2 Å². The maximum atomic E-state index is 13.2. The lowest BCUT2D eigenvalue weighted by Crippen LogP contribution is -2.54. The predicted octanol–water partition coefficient (Wildman–Crippen LogP) is 0.700. The fraction of sp³-hybridized carbons (Fsp3) is 0.316. The lowest BCUT2D eigenvalue weighted by Gasteiger charge is -2.36. The van der Waals surface area contributed by atoms with Crippen LogP contribution in [-0.4, -0.2) is 34.9 Å². The molecule has 0 radical (unpaired) electrons. The molecule has 1 aromatic carbocycles. The Balaban J connectivity index is 1.82. The van der Waals surface area contributed by atoms with Crippen LogP contribution in [0.25, 0.3) is 0 Å². The lowest BCUT2D eigenvalue weighted by atomic mass is 9.65. The second-order valence-electron chi connectivity index (χ2n) is 7.17. The summed E-state index contributed by atoms with van der Waals surface area (Å²) in [7, 11) is 0. The number of nitriles is 1. The fourth-order valence-electron chi connectivity index (χ4n) is 4.50. The van der Waals surface area contributed by atoms with Gasteiger partial charge in [0, 0.05) is 18.8 Å². The van der Waals surface area contributed by atoms with Crippen molar-refractivity contribution >= 4 is 29.3 Å². The van der Waals surface area contributed by atoms with E-state index in [1.807, 2.05) is 11.0 Å². The largest absolute Gasteiger partial charge is 0.342 e. The number of nitrogens with zero attached hydrogens (tertiary/aromatic N) is 3. The van der Waals surface area contributed by atoms with Gasteiger partial charge in [0.25, 0.3) is 5.56 Å². The molecule has 1 saturated heterocycles. The molecule has 0 saturated carbocycles. The van der Waals surface area contributed by atoms with Crippen molar-refractivity contribution in [2.24, 2.45) is 5.92 Å². The van der Waals surface area contributed by atoms with Gasteiger partial charge in [0.15, 0.2) is 0 Å². The highest BCUT2D eigenvalue weighted by atomic mass is 16.2. The van der Waals surface area contributed by atoms with E-state index < -0.39 is 28.7 Å². The van der Waals surface area contributed by atoms with Gasteiger partial charge in [0.2, 0.25) is 17.8 Å². The number of hydrogen-bond acceptors (Lipinski definition) is 6. The molecule has 4 heterocycles. The highest BCUT2D eigenvalue weighted by Crippen LogP contribution is 2.50. The van der Waals surface area contributed by atoms with Gasteiger partial charge in [0.05, 0.1) is 11.6 Å². The smallest absolute Gasteiger partial charge is 0.259 e. The van der Waals surface area contributed by atoms with Crippen molar-refractivity contribution in [1.29, 1.82) is 5.26 Å². The summed E-state index contributed by atoms with van der Waals surface area (Å²) in [5, 5.41) is 15.0. The normalized spacial score (nSPS) is 25.1. The minimum Gasteiger partial charge on any atom is -0.342 e. The quantitative estimate of drug-likeness (QED) is 0.671. The first kappa shape index (κ1) is 16.5. The standard InChI is InChI=1S/C19H16N6O3/c20-9-11-15(26)22-14-13(16(27)24-18(23-14)25-7-3-4-8-25)19(11)10-5-1-2-6-12(10)21-17(19)28/h1-2,5-6,11H,3-4,7-8H2,(H,21,28)(H2,22,23,24,26,27)/t11-,19+/m0/s1. The first-order valence-corrected chi connectivity index (χ1v) is 9.08. The number of H-pyrrole nitrogens is 1. The van der Waals surface area contributed by atoms with Gasteiger partial charge in [-0.1, -0.05) is 18.2 Å². The number of fused-ring (bicyclic) bond motifs is 4. The zero-order chi connectivity index (χ0) is 19.5. The van der Waals surface area contributed by atoms with E-state index in [1.165, 1.54) is 0 Å². The predicted molar refractivity (Wildman–Crippen MR) is 99.9 cm³/mol. The topological polar surface area (TPSA) is 131 Å². The monoisotopic (exact) mass is 376 g/mol. The number of rotatable bonds is 1. The molecule has 3 aliphatic rings. The summed E-state index contributed by atoms with van der Waals surface area (Å²) < 4.78 is 0. The van der Waals surface area contributed by atoms with Crippen molar-refractivity contribution in [3.63, 3.8) is 0 Å². The van der Waals surface area contributed by atoms with Crippen LogP contribution in [-0.2, 0) is 15.0 Å². The molecule has 2 amide bonds. The zero-order valence-corrected chi connectivity index (χ0v) is 14.8. The van der Waals surface area contributed by atoms with E-state index >= 15 is 0 Å². The molecule has 0 bridgehead atoms. The average Bonchev–Trinajstić information content (AvgIpc) is 3.30. The summed E-state index contributed by atoms with van der Waals surface area (Å²) in [5.74, 6) is -2.21. The number of hydrogen-bond donors (Lipinski definition) is 3. The molecule has 28 heavy (non-hydrogen) atoms. The summed E-state index contributed by atoms with van der Waals surface area (Å²) >= 11 is 0. The van der Waals surface area contributed by atoms with Crippen molar-refractivity contribution in [1.82, 2.24) is 9.97 Å². The Morgan fingerprint density at radius 1 is 1.14 bits per heavy atom. The van der Waals surface area contributed by atoms with Crippen LogP contribution in [0.2, 0.25) is 0 Å². The van der Waals surface area contributed by atoms with Crippen molar-refractivity contribution in [3.05, 3.63) is 45.7 Å². The van der Waals surface area contributed by atoms with E-state index in [4.69, 9.17) is 0 Å². The summed E-state index contributed by atoms with van der Waals surface area (Å²) in [6.45, 7) is 1.51. The van der Waals surface area contributed by atoms with Gasteiger partial charge in [-0.15, -0.1) is 0 Å². The number of para-hydroxylation sites is 1. The summed E-state index contributed by atoms with van der Waals surface area (Å²) in [6, 6.07) is 8.72.